The van der Waals surface area contributed by atoms with Gasteiger partial charge in [-0.3, -0.25) is 4.79 Å². The summed E-state index contributed by atoms with van der Waals surface area (Å²) in [6.45, 7) is 1.69. The number of fused-ring (bicyclic) bond motifs is 1. The van der Waals surface area contributed by atoms with Crippen LogP contribution in [0.25, 0.3) is 0 Å². The molecule has 2 aliphatic rings. The second-order valence-electron chi connectivity index (χ2n) is 6.89. The molecule has 2 unspecified atom stereocenters. The lowest BCUT2D eigenvalue weighted by atomic mass is 10.1. The summed E-state index contributed by atoms with van der Waals surface area (Å²) in [5.74, 6) is 1.29. The topological polar surface area (TPSA) is 106 Å². The van der Waals surface area contributed by atoms with E-state index in [0.717, 1.165) is 43.7 Å². The van der Waals surface area contributed by atoms with Crippen molar-refractivity contribution in [2.45, 2.75) is 51.0 Å². The predicted octanol–water partition coefficient (Wildman–Crippen LogP) is 1.64. The van der Waals surface area contributed by atoms with Gasteiger partial charge in [-0.25, -0.2) is 4.98 Å². The van der Waals surface area contributed by atoms with Crippen LogP contribution >= 0.6 is 0 Å². The van der Waals surface area contributed by atoms with Gasteiger partial charge >= 0.3 is 5.97 Å². The Morgan fingerprint density at radius 2 is 2.32 bits per heavy atom. The van der Waals surface area contributed by atoms with Crippen LogP contribution in [0.1, 0.15) is 48.7 Å². The zero-order valence-electron chi connectivity index (χ0n) is 14.1. The molecule has 1 fully saturated rings. The molecule has 0 aromatic carbocycles. The van der Waals surface area contributed by atoms with Crippen molar-refractivity contribution < 1.29 is 9.90 Å². The first-order chi connectivity index (χ1) is 12.2. The molecule has 0 amide bonds. The van der Waals surface area contributed by atoms with Gasteiger partial charge in [0.1, 0.15) is 5.82 Å². The van der Waals surface area contributed by atoms with Gasteiger partial charge in [0.15, 0.2) is 5.82 Å². The molecule has 1 aliphatic carbocycles. The minimum absolute atomic E-state index is 0.165. The summed E-state index contributed by atoms with van der Waals surface area (Å²) < 4.78 is 0. The maximum atomic E-state index is 10.7. The van der Waals surface area contributed by atoms with Crippen molar-refractivity contribution in [3.8, 4) is 0 Å². The van der Waals surface area contributed by atoms with E-state index in [2.05, 4.69) is 32.9 Å². The minimum Gasteiger partial charge on any atom is -0.481 e. The quantitative estimate of drug-likeness (QED) is 0.788. The average molecular weight is 342 g/mol. The lowest BCUT2D eigenvalue weighted by molar-refractivity contribution is -0.137. The van der Waals surface area contributed by atoms with Crippen molar-refractivity contribution >= 4 is 11.8 Å². The number of aryl methyl sites for hydroxylation is 3. The van der Waals surface area contributed by atoms with Crippen LogP contribution < -0.4 is 5.32 Å². The van der Waals surface area contributed by atoms with Crippen molar-refractivity contribution in [2.24, 2.45) is 5.92 Å². The fourth-order valence-electron chi connectivity index (χ4n) is 3.42. The lowest BCUT2D eigenvalue weighted by Gasteiger charge is -2.17. The number of aromatic nitrogens is 5. The Hall–Kier alpha value is -2.51. The van der Waals surface area contributed by atoms with Crippen LogP contribution in [-0.2, 0) is 24.2 Å². The van der Waals surface area contributed by atoms with Crippen LogP contribution in [0.3, 0.4) is 0 Å². The van der Waals surface area contributed by atoms with Crippen LogP contribution in [0.4, 0.5) is 5.82 Å². The zero-order valence-corrected chi connectivity index (χ0v) is 14.1. The molecule has 0 radical (unpaired) electrons. The summed E-state index contributed by atoms with van der Waals surface area (Å²) in [4.78, 5) is 17.0. The molecule has 2 atom stereocenters. The first-order valence-corrected chi connectivity index (χ1v) is 8.91. The van der Waals surface area contributed by atoms with Gasteiger partial charge in [-0.1, -0.05) is 6.07 Å². The molecule has 0 saturated heterocycles. The fourth-order valence-corrected chi connectivity index (χ4v) is 3.42. The van der Waals surface area contributed by atoms with E-state index in [1.54, 1.807) is 4.80 Å². The molecular formula is C17H22N6O2. The Morgan fingerprint density at radius 1 is 1.40 bits per heavy atom. The summed E-state index contributed by atoms with van der Waals surface area (Å²) in [6, 6.07) is 4.28. The van der Waals surface area contributed by atoms with Crippen molar-refractivity contribution in [1.82, 2.24) is 25.2 Å². The van der Waals surface area contributed by atoms with Gasteiger partial charge in [0, 0.05) is 24.6 Å². The number of hydrogen-bond acceptors (Lipinski definition) is 6. The van der Waals surface area contributed by atoms with E-state index in [1.165, 1.54) is 12.0 Å². The third-order valence-electron chi connectivity index (χ3n) is 4.90. The molecule has 0 spiro atoms. The van der Waals surface area contributed by atoms with E-state index in [4.69, 9.17) is 10.1 Å². The molecule has 8 heteroatoms. The van der Waals surface area contributed by atoms with E-state index in [-0.39, 0.29) is 18.3 Å². The number of nitrogens with one attached hydrogen (secondary N) is 1. The number of tetrazole rings is 1. The van der Waals surface area contributed by atoms with E-state index < -0.39 is 5.97 Å². The maximum absolute atomic E-state index is 10.7. The number of anilines is 1. The molecule has 132 valence electrons. The predicted molar refractivity (Wildman–Crippen MR) is 90.3 cm³/mol. The van der Waals surface area contributed by atoms with Gasteiger partial charge in [0.2, 0.25) is 0 Å². The highest BCUT2D eigenvalue weighted by molar-refractivity contribution is 5.67. The molecule has 1 saturated carbocycles. The Labute approximate surface area is 145 Å². The molecule has 2 N–H and O–H groups in total. The van der Waals surface area contributed by atoms with Crippen molar-refractivity contribution in [3.63, 3.8) is 0 Å². The highest BCUT2D eigenvalue weighted by Crippen LogP contribution is 2.47. The summed E-state index contributed by atoms with van der Waals surface area (Å²) >= 11 is 0. The second kappa shape index (κ2) is 6.78. The van der Waals surface area contributed by atoms with Crippen LogP contribution in [0.5, 0.6) is 0 Å². The normalized spacial score (nSPS) is 21.4. The van der Waals surface area contributed by atoms with Crippen molar-refractivity contribution in [2.75, 3.05) is 11.9 Å². The van der Waals surface area contributed by atoms with Crippen LogP contribution in [0.2, 0.25) is 0 Å². The summed E-state index contributed by atoms with van der Waals surface area (Å²) in [5, 5.41) is 24.7. The molecule has 2 aromatic heterocycles. The van der Waals surface area contributed by atoms with Gasteiger partial charge in [-0.15, -0.1) is 10.2 Å². The monoisotopic (exact) mass is 342 g/mol. The van der Waals surface area contributed by atoms with Crippen LogP contribution in [0, 0.1) is 5.92 Å². The molecule has 0 bridgehead atoms. The number of pyridine rings is 1. The van der Waals surface area contributed by atoms with E-state index in [1.807, 2.05) is 0 Å². The number of carboxylic acids is 1. The smallest absolute Gasteiger partial charge is 0.303 e. The number of nitrogens with zero attached hydrogens (tertiary/aromatic N) is 5. The van der Waals surface area contributed by atoms with Gasteiger partial charge in [-0.2, -0.15) is 4.80 Å². The highest BCUT2D eigenvalue weighted by Gasteiger charge is 2.42. The Kier molecular flexibility index (Phi) is 4.33. The summed E-state index contributed by atoms with van der Waals surface area (Å²) in [5.41, 5.74) is 2.38. The first kappa shape index (κ1) is 16.0. The third kappa shape index (κ3) is 3.78. The van der Waals surface area contributed by atoms with E-state index >= 15 is 0 Å². The zero-order chi connectivity index (χ0) is 17.2. The lowest BCUT2D eigenvalue weighted by Crippen LogP contribution is -2.14. The SMILES string of the molecule is O=C(O)CC1CC1c1nnn(CCCc2ccc3c(n2)NCCC3)n1. The molecule has 1 aliphatic heterocycles. The molecular weight excluding hydrogens is 320 g/mol. The second-order valence-corrected chi connectivity index (χ2v) is 6.89. The van der Waals surface area contributed by atoms with Gasteiger partial charge in [-0.05, 0) is 54.9 Å². The van der Waals surface area contributed by atoms with E-state index in [0.29, 0.717) is 12.4 Å². The molecule has 25 heavy (non-hydrogen) atoms. The van der Waals surface area contributed by atoms with Gasteiger partial charge in [0.25, 0.3) is 0 Å². The number of carbonyl (C=O) groups is 1. The number of rotatable bonds is 7. The Balaban J connectivity index is 1.27. The standard InChI is InChI=1S/C17H22N6O2/c24-15(25)10-12-9-14(12)17-20-22-23(21-17)8-2-4-13-6-5-11-3-1-7-18-16(11)19-13/h5-6,12,14H,1-4,7-10H2,(H,18,19)(H,24,25). The molecule has 4 rings (SSSR count). The first-order valence-electron chi connectivity index (χ1n) is 8.91. The Bertz CT molecular complexity index is 774. The number of carboxylic acid groups (broad SMARTS) is 1. The van der Waals surface area contributed by atoms with Crippen LogP contribution in [0.15, 0.2) is 12.1 Å². The molecule has 2 aromatic rings. The maximum Gasteiger partial charge on any atom is 0.303 e. The summed E-state index contributed by atoms with van der Waals surface area (Å²) in [6.07, 6.45) is 5.08. The van der Waals surface area contributed by atoms with Crippen molar-refractivity contribution in [3.05, 3.63) is 29.2 Å². The number of aliphatic carboxylic acids is 1. The fraction of sp³-hybridized carbons (Fsp3) is 0.588. The van der Waals surface area contributed by atoms with E-state index in [9.17, 15) is 4.79 Å². The summed E-state index contributed by atoms with van der Waals surface area (Å²) in [7, 11) is 0. The Morgan fingerprint density at radius 3 is 3.20 bits per heavy atom. The highest BCUT2D eigenvalue weighted by atomic mass is 16.4. The average Bonchev–Trinajstić information content (AvgIpc) is 3.19. The van der Waals surface area contributed by atoms with Gasteiger partial charge in [0.05, 0.1) is 6.54 Å². The van der Waals surface area contributed by atoms with Crippen molar-refractivity contribution in [1.29, 1.82) is 0 Å². The third-order valence-corrected chi connectivity index (χ3v) is 4.90. The molecule has 3 heterocycles. The molecule has 8 nitrogen and oxygen atoms in total. The van der Waals surface area contributed by atoms with Gasteiger partial charge < -0.3 is 10.4 Å². The minimum atomic E-state index is -0.757. The number of hydrogen-bond donors (Lipinski definition) is 2. The largest absolute Gasteiger partial charge is 0.481 e. The van der Waals surface area contributed by atoms with Crippen LogP contribution in [-0.4, -0.2) is 42.8 Å².